The molecule has 104 valence electrons. The fourth-order valence-corrected chi connectivity index (χ4v) is 1.07. The normalized spacial score (nSPS) is 12.8. The topological polar surface area (TPSA) is 99.5 Å². The van der Waals surface area contributed by atoms with Crippen LogP contribution in [0, 0.1) is 0 Å². The average molecular weight is 278 g/mol. The first-order valence-corrected chi connectivity index (χ1v) is 4.94. The van der Waals surface area contributed by atoms with Crippen LogP contribution in [0.1, 0.15) is 16.1 Å². The Kier molecular flexibility index (Phi) is 4.43. The minimum atomic E-state index is -4.60. The summed E-state index contributed by atoms with van der Waals surface area (Å²) in [7, 11) is 0. The fourth-order valence-electron chi connectivity index (χ4n) is 1.07. The van der Waals surface area contributed by atoms with Crippen molar-refractivity contribution in [3.63, 3.8) is 0 Å². The molecule has 0 aliphatic heterocycles. The van der Waals surface area contributed by atoms with E-state index in [2.05, 4.69) is 4.98 Å². The van der Waals surface area contributed by atoms with Crippen LogP contribution < -0.4 is 5.32 Å². The number of nitrogens with one attached hydrogen (secondary N) is 1. The Morgan fingerprint density at radius 3 is 2.42 bits per heavy atom. The lowest BCUT2D eigenvalue weighted by atomic mass is 10.2. The third-order valence-corrected chi connectivity index (χ3v) is 2.06. The van der Waals surface area contributed by atoms with Crippen LogP contribution in [0.15, 0.2) is 18.3 Å². The lowest BCUT2D eigenvalue weighted by Gasteiger charge is -2.09. The first-order chi connectivity index (χ1) is 8.71. The molecule has 0 fully saturated rings. The van der Waals surface area contributed by atoms with Gasteiger partial charge in [0.05, 0.1) is 12.1 Å². The number of halogens is 3. The number of carbonyl (C=O) groups excluding carboxylic acids is 1. The van der Waals surface area contributed by atoms with Gasteiger partial charge in [-0.05, 0) is 12.1 Å². The Morgan fingerprint density at radius 2 is 2.00 bits per heavy atom. The number of rotatable bonds is 4. The molecule has 1 heterocycles. The lowest BCUT2D eigenvalue weighted by Crippen LogP contribution is -2.36. The number of hydrogen-bond donors (Lipinski definition) is 3. The van der Waals surface area contributed by atoms with Gasteiger partial charge in [-0.2, -0.15) is 13.2 Å². The second-order valence-electron chi connectivity index (χ2n) is 3.49. The number of hydrogen-bond acceptors (Lipinski definition) is 4. The van der Waals surface area contributed by atoms with Crippen molar-refractivity contribution >= 4 is 11.9 Å². The van der Waals surface area contributed by atoms with Crippen molar-refractivity contribution in [2.75, 3.05) is 6.54 Å². The molecule has 0 aromatic carbocycles. The summed E-state index contributed by atoms with van der Waals surface area (Å²) < 4.78 is 36.6. The van der Waals surface area contributed by atoms with Crippen molar-refractivity contribution in [1.82, 2.24) is 10.3 Å². The van der Waals surface area contributed by atoms with Crippen LogP contribution in [0.3, 0.4) is 0 Å². The number of carboxylic acid groups (broad SMARTS) is 1. The fraction of sp³-hybridized carbons (Fsp3) is 0.300. The molecule has 0 saturated carbocycles. The van der Waals surface area contributed by atoms with Gasteiger partial charge in [0.15, 0.2) is 6.10 Å². The summed E-state index contributed by atoms with van der Waals surface area (Å²) in [6.07, 6.45) is -5.67. The number of aliphatic carboxylic acids is 1. The smallest absolute Gasteiger partial charge is 0.433 e. The first-order valence-electron chi connectivity index (χ1n) is 4.94. The maximum Gasteiger partial charge on any atom is 0.433 e. The molecule has 0 aliphatic rings. The van der Waals surface area contributed by atoms with E-state index in [1.54, 1.807) is 0 Å². The van der Waals surface area contributed by atoms with Crippen molar-refractivity contribution < 1.29 is 33.0 Å². The van der Waals surface area contributed by atoms with Crippen LogP contribution in [0.25, 0.3) is 0 Å². The molecular weight excluding hydrogens is 269 g/mol. The van der Waals surface area contributed by atoms with Crippen molar-refractivity contribution in [1.29, 1.82) is 0 Å². The zero-order valence-electron chi connectivity index (χ0n) is 9.31. The highest BCUT2D eigenvalue weighted by atomic mass is 19.4. The molecule has 1 unspecified atom stereocenters. The van der Waals surface area contributed by atoms with E-state index in [-0.39, 0.29) is 5.56 Å². The van der Waals surface area contributed by atoms with E-state index in [0.29, 0.717) is 12.3 Å². The summed E-state index contributed by atoms with van der Waals surface area (Å²) in [4.78, 5) is 24.7. The molecule has 1 rings (SSSR count). The summed E-state index contributed by atoms with van der Waals surface area (Å²) in [5, 5.41) is 19.3. The van der Waals surface area contributed by atoms with E-state index in [1.165, 1.54) is 0 Å². The Labute approximate surface area is 104 Å². The highest BCUT2D eigenvalue weighted by Gasteiger charge is 2.32. The highest BCUT2D eigenvalue weighted by Crippen LogP contribution is 2.27. The van der Waals surface area contributed by atoms with Gasteiger partial charge in [-0.25, -0.2) is 4.79 Å². The largest absolute Gasteiger partial charge is 0.479 e. The second kappa shape index (κ2) is 5.65. The number of nitrogens with zero attached hydrogens (tertiary/aromatic N) is 1. The molecule has 0 aliphatic carbocycles. The third kappa shape index (κ3) is 4.21. The predicted octanol–water partition coefficient (Wildman–Crippen LogP) is 0.276. The van der Waals surface area contributed by atoms with Crippen molar-refractivity contribution in [2.24, 2.45) is 0 Å². The standard InChI is InChI=1S/C10H9F3N2O4/c11-10(12,13)7-2-1-5(3-14-7)8(17)15-4-6(16)9(18)19/h1-3,6,16H,4H2,(H,15,17)(H,18,19). The number of aliphatic hydroxyl groups is 1. The lowest BCUT2D eigenvalue weighted by molar-refractivity contribution is -0.146. The van der Waals surface area contributed by atoms with E-state index >= 15 is 0 Å². The zero-order valence-corrected chi connectivity index (χ0v) is 9.31. The Bertz CT molecular complexity index is 473. The molecule has 1 aromatic heterocycles. The molecule has 3 N–H and O–H groups in total. The molecular formula is C10H9F3N2O4. The van der Waals surface area contributed by atoms with Gasteiger partial charge in [-0.3, -0.25) is 9.78 Å². The number of aliphatic hydroxyl groups excluding tert-OH is 1. The zero-order chi connectivity index (χ0) is 14.6. The van der Waals surface area contributed by atoms with Crippen LogP contribution in [-0.2, 0) is 11.0 Å². The predicted molar refractivity (Wildman–Crippen MR) is 55.2 cm³/mol. The maximum atomic E-state index is 12.2. The first kappa shape index (κ1) is 14.9. The summed E-state index contributed by atoms with van der Waals surface area (Å²) in [6, 6.07) is 1.53. The SMILES string of the molecule is O=C(NCC(O)C(=O)O)c1ccc(C(F)(F)F)nc1. The minimum Gasteiger partial charge on any atom is -0.479 e. The van der Waals surface area contributed by atoms with Crippen LogP contribution in [0.5, 0.6) is 0 Å². The van der Waals surface area contributed by atoms with Gasteiger partial charge in [0.25, 0.3) is 5.91 Å². The number of aromatic nitrogens is 1. The summed E-state index contributed by atoms with van der Waals surface area (Å²) in [6.45, 7) is -0.560. The van der Waals surface area contributed by atoms with Crippen molar-refractivity contribution in [2.45, 2.75) is 12.3 Å². The Morgan fingerprint density at radius 1 is 1.37 bits per heavy atom. The van der Waals surface area contributed by atoms with Gasteiger partial charge in [-0.15, -0.1) is 0 Å². The van der Waals surface area contributed by atoms with E-state index < -0.39 is 36.4 Å². The minimum absolute atomic E-state index is 0.175. The molecule has 19 heavy (non-hydrogen) atoms. The Balaban J connectivity index is 2.66. The molecule has 0 bridgehead atoms. The van der Waals surface area contributed by atoms with Crippen molar-refractivity contribution in [3.05, 3.63) is 29.6 Å². The number of pyridine rings is 1. The van der Waals surface area contributed by atoms with Gasteiger partial charge < -0.3 is 15.5 Å². The van der Waals surface area contributed by atoms with Crippen LogP contribution in [0.2, 0.25) is 0 Å². The quantitative estimate of drug-likeness (QED) is 0.734. The van der Waals surface area contributed by atoms with Gasteiger partial charge in [0, 0.05) is 6.20 Å². The Hall–Kier alpha value is -2.16. The van der Waals surface area contributed by atoms with Gasteiger partial charge >= 0.3 is 12.1 Å². The number of carbonyl (C=O) groups is 2. The molecule has 1 aromatic rings. The monoisotopic (exact) mass is 278 g/mol. The summed E-state index contributed by atoms with van der Waals surface area (Å²) in [5.74, 6) is -2.35. The molecule has 0 spiro atoms. The van der Waals surface area contributed by atoms with Gasteiger partial charge in [-0.1, -0.05) is 0 Å². The molecule has 1 amide bonds. The molecule has 9 heteroatoms. The second-order valence-corrected chi connectivity index (χ2v) is 3.49. The van der Waals surface area contributed by atoms with E-state index in [9.17, 15) is 22.8 Å². The van der Waals surface area contributed by atoms with Crippen LogP contribution >= 0.6 is 0 Å². The molecule has 0 radical (unpaired) electrons. The molecule has 1 atom stereocenters. The number of carboxylic acids is 1. The van der Waals surface area contributed by atoms with E-state index in [4.69, 9.17) is 10.2 Å². The number of alkyl halides is 3. The van der Waals surface area contributed by atoms with Gasteiger partial charge in [0.2, 0.25) is 0 Å². The van der Waals surface area contributed by atoms with Crippen LogP contribution in [-0.4, -0.2) is 39.7 Å². The number of amides is 1. The highest BCUT2D eigenvalue weighted by molar-refractivity contribution is 5.94. The van der Waals surface area contributed by atoms with Gasteiger partial charge in [0.1, 0.15) is 5.69 Å². The van der Waals surface area contributed by atoms with E-state index in [0.717, 1.165) is 6.07 Å². The van der Waals surface area contributed by atoms with Crippen LogP contribution in [0.4, 0.5) is 13.2 Å². The average Bonchev–Trinajstić information content (AvgIpc) is 2.34. The van der Waals surface area contributed by atoms with Crippen molar-refractivity contribution in [3.8, 4) is 0 Å². The molecule has 0 saturated heterocycles. The summed E-state index contributed by atoms with van der Waals surface area (Å²) in [5.41, 5.74) is -1.32. The third-order valence-electron chi connectivity index (χ3n) is 2.06. The summed E-state index contributed by atoms with van der Waals surface area (Å²) >= 11 is 0. The van der Waals surface area contributed by atoms with E-state index in [1.807, 2.05) is 5.32 Å². The maximum absolute atomic E-state index is 12.2. The molecule has 6 nitrogen and oxygen atoms in total.